The minimum Gasteiger partial charge on any atom is -0.306 e. The van der Waals surface area contributed by atoms with Crippen molar-refractivity contribution in [3.05, 3.63) is 55.9 Å². The standard InChI is InChI=1S/C24H28N2O2S2/c1-15(2)9-11-25-21(17-7-5-13-29-17)19-20(23(25)27)22(18-8-6-14-30-18)26(24(19)28)12-10-16(3)4/h5-8,13-16H,9-12H2,1-4H3. The molecule has 0 spiro atoms. The van der Waals surface area contributed by atoms with Crippen molar-refractivity contribution in [1.29, 1.82) is 0 Å². The van der Waals surface area contributed by atoms with Crippen LogP contribution in [0, 0.1) is 11.8 Å². The molecule has 6 heteroatoms. The Morgan fingerprint density at radius 2 is 1.13 bits per heavy atom. The smallest absolute Gasteiger partial charge is 0.261 e. The van der Waals surface area contributed by atoms with E-state index in [-0.39, 0.29) is 11.8 Å². The van der Waals surface area contributed by atoms with Crippen molar-refractivity contribution in [3.8, 4) is 0 Å². The van der Waals surface area contributed by atoms with Crippen molar-refractivity contribution in [2.45, 2.75) is 40.5 Å². The third-order valence-corrected chi connectivity index (χ3v) is 7.30. The molecule has 4 rings (SSSR count). The molecule has 2 aliphatic heterocycles. The van der Waals surface area contributed by atoms with Gasteiger partial charge in [-0.25, -0.2) is 0 Å². The highest BCUT2D eigenvalue weighted by atomic mass is 32.1. The summed E-state index contributed by atoms with van der Waals surface area (Å²) in [7, 11) is 0. The lowest BCUT2D eigenvalue weighted by molar-refractivity contribution is -0.124. The molecule has 0 unspecified atom stereocenters. The third kappa shape index (κ3) is 3.67. The number of carbonyl (C=O) groups excluding carboxylic acids is 2. The fourth-order valence-corrected chi connectivity index (χ4v) is 5.51. The first-order valence-electron chi connectivity index (χ1n) is 10.6. The molecule has 0 aromatic carbocycles. The summed E-state index contributed by atoms with van der Waals surface area (Å²) in [5.74, 6) is 0.907. The van der Waals surface area contributed by atoms with Gasteiger partial charge in [-0.05, 0) is 47.6 Å². The first-order valence-corrected chi connectivity index (χ1v) is 12.4. The minimum atomic E-state index is -0.0298. The zero-order chi connectivity index (χ0) is 21.4. The van der Waals surface area contributed by atoms with Crippen LogP contribution in [0.5, 0.6) is 0 Å². The maximum atomic E-state index is 13.7. The van der Waals surface area contributed by atoms with E-state index in [4.69, 9.17) is 0 Å². The van der Waals surface area contributed by atoms with Crippen LogP contribution in [0.4, 0.5) is 0 Å². The topological polar surface area (TPSA) is 40.6 Å². The molecule has 30 heavy (non-hydrogen) atoms. The number of fused-ring (bicyclic) bond motifs is 1. The lowest BCUT2D eigenvalue weighted by atomic mass is 10.1. The summed E-state index contributed by atoms with van der Waals surface area (Å²) in [4.78, 5) is 33.1. The van der Waals surface area contributed by atoms with E-state index in [1.54, 1.807) is 22.7 Å². The van der Waals surface area contributed by atoms with Gasteiger partial charge in [-0.2, -0.15) is 0 Å². The number of nitrogens with zero attached hydrogens (tertiary/aromatic N) is 2. The van der Waals surface area contributed by atoms with E-state index >= 15 is 0 Å². The van der Waals surface area contributed by atoms with Gasteiger partial charge < -0.3 is 9.80 Å². The summed E-state index contributed by atoms with van der Waals surface area (Å²) in [6.07, 6.45) is 1.81. The van der Waals surface area contributed by atoms with Gasteiger partial charge in [0, 0.05) is 13.1 Å². The number of amides is 2. The van der Waals surface area contributed by atoms with Crippen molar-refractivity contribution in [3.63, 3.8) is 0 Å². The summed E-state index contributed by atoms with van der Waals surface area (Å²) in [5.41, 5.74) is 2.80. The van der Waals surface area contributed by atoms with Gasteiger partial charge in [-0.1, -0.05) is 39.8 Å². The Bertz CT molecular complexity index is 916. The molecule has 0 saturated carbocycles. The van der Waals surface area contributed by atoms with Crippen LogP contribution < -0.4 is 0 Å². The second kappa shape index (κ2) is 8.52. The van der Waals surface area contributed by atoms with Crippen LogP contribution in [-0.4, -0.2) is 34.7 Å². The van der Waals surface area contributed by atoms with E-state index in [0.29, 0.717) is 36.1 Å². The van der Waals surface area contributed by atoms with Crippen LogP contribution in [0.15, 0.2) is 46.2 Å². The van der Waals surface area contributed by atoms with Crippen molar-refractivity contribution < 1.29 is 9.59 Å². The van der Waals surface area contributed by atoms with E-state index in [0.717, 1.165) is 34.0 Å². The van der Waals surface area contributed by atoms with Crippen LogP contribution in [0.25, 0.3) is 11.4 Å². The normalized spacial score (nSPS) is 16.9. The molecule has 4 nitrogen and oxygen atoms in total. The zero-order valence-corrected chi connectivity index (χ0v) is 19.6. The van der Waals surface area contributed by atoms with Crippen LogP contribution >= 0.6 is 22.7 Å². The molecule has 0 radical (unpaired) electrons. The highest BCUT2D eigenvalue weighted by Gasteiger charge is 2.49. The predicted octanol–water partition coefficient (Wildman–Crippen LogP) is 5.71. The summed E-state index contributed by atoms with van der Waals surface area (Å²) < 4.78 is 0. The molecule has 2 amide bonds. The molecule has 158 valence electrons. The second-order valence-corrected chi connectivity index (χ2v) is 10.6. The number of hydrogen-bond acceptors (Lipinski definition) is 4. The highest BCUT2D eigenvalue weighted by molar-refractivity contribution is 7.11. The quantitative estimate of drug-likeness (QED) is 0.528. The fraction of sp³-hybridized carbons (Fsp3) is 0.417. The third-order valence-electron chi connectivity index (χ3n) is 5.55. The first-order chi connectivity index (χ1) is 14.4. The Balaban J connectivity index is 1.87. The Labute approximate surface area is 186 Å². The lowest BCUT2D eigenvalue weighted by Crippen LogP contribution is -2.31. The molecule has 0 fully saturated rings. The SMILES string of the molecule is CC(C)CCN1C(=O)C2=C(c3cccs3)N(CCC(C)C)C(=O)C2=C1c1cccs1. The van der Waals surface area contributed by atoms with Crippen molar-refractivity contribution in [1.82, 2.24) is 9.80 Å². The number of carbonyl (C=O) groups is 2. The number of rotatable bonds is 8. The molecule has 0 bridgehead atoms. The molecule has 4 heterocycles. The van der Waals surface area contributed by atoms with E-state index in [1.165, 1.54) is 0 Å². The van der Waals surface area contributed by atoms with Crippen LogP contribution in [0.3, 0.4) is 0 Å². The van der Waals surface area contributed by atoms with E-state index in [9.17, 15) is 9.59 Å². The van der Waals surface area contributed by atoms with Crippen LogP contribution in [0.2, 0.25) is 0 Å². The van der Waals surface area contributed by atoms with Gasteiger partial charge in [0.1, 0.15) is 0 Å². The molecule has 2 aliphatic rings. The van der Waals surface area contributed by atoms with Crippen molar-refractivity contribution in [2.75, 3.05) is 13.1 Å². The molecule has 2 aromatic rings. The average molecular weight is 441 g/mol. The summed E-state index contributed by atoms with van der Waals surface area (Å²) >= 11 is 3.17. The Kier molecular flexibility index (Phi) is 5.98. The molecule has 2 aromatic heterocycles. The number of thiophene rings is 2. The molecular weight excluding hydrogens is 412 g/mol. The second-order valence-electron chi connectivity index (χ2n) is 8.68. The minimum absolute atomic E-state index is 0.0298. The Morgan fingerprint density at radius 1 is 0.733 bits per heavy atom. The molecule has 0 saturated heterocycles. The van der Waals surface area contributed by atoms with Gasteiger partial charge in [0.25, 0.3) is 11.8 Å². The van der Waals surface area contributed by atoms with E-state index in [1.807, 2.05) is 44.8 Å². The summed E-state index contributed by atoms with van der Waals surface area (Å²) in [6.45, 7) is 9.91. The maximum Gasteiger partial charge on any atom is 0.261 e. The fourth-order valence-electron chi connectivity index (χ4n) is 3.94. The van der Waals surface area contributed by atoms with Crippen LogP contribution in [0.1, 0.15) is 50.3 Å². The van der Waals surface area contributed by atoms with Gasteiger partial charge in [-0.15, -0.1) is 22.7 Å². The first kappa shape index (κ1) is 21.1. The largest absolute Gasteiger partial charge is 0.306 e. The molecule has 0 aliphatic carbocycles. The monoisotopic (exact) mass is 440 g/mol. The van der Waals surface area contributed by atoms with E-state index in [2.05, 4.69) is 27.7 Å². The van der Waals surface area contributed by atoms with Crippen molar-refractivity contribution >= 4 is 45.9 Å². The van der Waals surface area contributed by atoms with Gasteiger partial charge in [0.2, 0.25) is 0 Å². The highest BCUT2D eigenvalue weighted by Crippen LogP contribution is 2.48. The van der Waals surface area contributed by atoms with Crippen molar-refractivity contribution in [2.24, 2.45) is 11.8 Å². The molecular formula is C24H28N2O2S2. The maximum absolute atomic E-state index is 13.7. The van der Waals surface area contributed by atoms with Gasteiger partial charge in [0.15, 0.2) is 0 Å². The summed E-state index contributed by atoms with van der Waals surface area (Å²) in [5, 5.41) is 4.01. The van der Waals surface area contributed by atoms with Gasteiger partial charge in [0.05, 0.1) is 32.3 Å². The van der Waals surface area contributed by atoms with Crippen LogP contribution in [-0.2, 0) is 9.59 Å². The zero-order valence-electron chi connectivity index (χ0n) is 18.0. The Morgan fingerprint density at radius 3 is 1.43 bits per heavy atom. The Hall–Kier alpha value is -2.18. The average Bonchev–Trinajstić information content (AvgIpc) is 3.46. The molecule has 0 N–H and O–H groups in total. The predicted molar refractivity (Wildman–Crippen MR) is 125 cm³/mol. The van der Waals surface area contributed by atoms with Gasteiger partial charge in [-0.3, -0.25) is 9.59 Å². The van der Waals surface area contributed by atoms with Gasteiger partial charge >= 0.3 is 0 Å². The number of hydrogen-bond donors (Lipinski definition) is 0. The molecule has 0 atom stereocenters. The van der Waals surface area contributed by atoms with E-state index < -0.39 is 0 Å². The summed E-state index contributed by atoms with van der Waals surface area (Å²) in [6, 6.07) is 7.99. The lowest BCUT2D eigenvalue weighted by Gasteiger charge is -2.25.